The van der Waals surface area contributed by atoms with Gasteiger partial charge in [0.25, 0.3) is 0 Å². The summed E-state index contributed by atoms with van der Waals surface area (Å²) in [5.41, 5.74) is 6.96. The molecule has 19 heavy (non-hydrogen) atoms. The van der Waals surface area contributed by atoms with Crippen LogP contribution in [0.25, 0.3) is 11.4 Å². The summed E-state index contributed by atoms with van der Waals surface area (Å²) >= 11 is 5.95. The summed E-state index contributed by atoms with van der Waals surface area (Å²) in [5.74, 6) is 1.12. The Morgan fingerprint density at radius 2 is 2.32 bits per heavy atom. The highest BCUT2D eigenvalue weighted by Crippen LogP contribution is 2.19. The molecular weight excluding hydrogens is 264 g/mol. The Labute approximate surface area is 115 Å². The second kappa shape index (κ2) is 5.21. The van der Waals surface area contributed by atoms with Crippen molar-refractivity contribution in [2.75, 3.05) is 12.0 Å². The standard InChI is InChI=1S/C12H11ClN6/c13-10-4-1-3-9(7-10)12-16-11(8-14-17-12)18-19-6-2-5-15-19/h1-4,6-8,15H,5H2,(H,16,17,18). The lowest BCUT2D eigenvalue weighted by molar-refractivity contribution is 0.366. The average Bonchev–Trinajstić information content (AvgIpc) is 2.92. The molecule has 7 heteroatoms. The molecule has 0 amide bonds. The molecule has 2 N–H and O–H groups in total. The van der Waals surface area contributed by atoms with Gasteiger partial charge in [-0.05, 0) is 18.2 Å². The number of nitrogens with zero attached hydrogens (tertiary/aromatic N) is 4. The van der Waals surface area contributed by atoms with Crippen molar-refractivity contribution in [2.24, 2.45) is 0 Å². The van der Waals surface area contributed by atoms with E-state index in [2.05, 4.69) is 26.0 Å². The maximum Gasteiger partial charge on any atom is 0.183 e. The van der Waals surface area contributed by atoms with Gasteiger partial charge in [-0.1, -0.05) is 23.7 Å². The van der Waals surface area contributed by atoms with Crippen LogP contribution >= 0.6 is 11.6 Å². The number of aromatic nitrogens is 3. The predicted octanol–water partition coefficient (Wildman–Crippen LogP) is 1.85. The van der Waals surface area contributed by atoms with Crippen LogP contribution in [0, 0.1) is 0 Å². The van der Waals surface area contributed by atoms with Gasteiger partial charge >= 0.3 is 0 Å². The number of nitrogens with one attached hydrogen (secondary N) is 2. The molecule has 1 aliphatic rings. The Morgan fingerprint density at radius 3 is 3.11 bits per heavy atom. The van der Waals surface area contributed by atoms with Crippen molar-refractivity contribution in [2.45, 2.75) is 0 Å². The first-order valence-electron chi connectivity index (χ1n) is 5.73. The molecule has 0 bridgehead atoms. The van der Waals surface area contributed by atoms with Crippen LogP contribution in [0.1, 0.15) is 0 Å². The fourth-order valence-corrected chi connectivity index (χ4v) is 1.86. The summed E-state index contributed by atoms with van der Waals surface area (Å²) in [6.45, 7) is 0.784. The molecule has 0 radical (unpaired) electrons. The van der Waals surface area contributed by atoms with E-state index >= 15 is 0 Å². The lowest BCUT2D eigenvalue weighted by atomic mass is 10.2. The monoisotopic (exact) mass is 274 g/mol. The number of halogens is 1. The summed E-state index contributed by atoms with van der Waals surface area (Å²) in [7, 11) is 0. The molecule has 0 saturated heterocycles. The number of anilines is 1. The van der Waals surface area contributed by atoms with Crippen molar-refractivity contribution in [1.29, 1.82) is 0 Å². The van der Waals surface area contributed by atoms with Crippen LogP contribution in [0.15, 0.2) is 42.7 Å². The van der Waals surface area contributed by atoms with Crippen LogP contribution in [-0.4, -0.2) is 26.8 Å². The van der Waals surface area contributed by atoms with Crippen molar-refractivity contribution >= 4 is 17.4 Å². The van der Waals surface area contributed by atoms with Gasteiger partial charge in [0.05, 0.1) is 6.20 Å². The van der Waals surface area contributed by atoms with Gasteiger partial charge in [-0.3, -0.25) is 5.43 Å². The van der Waals surface area contributed by atoms with Gasteiger partial charge in [-0.25, -0.2) is 15.5 Å². The highest BCUT2D eigenvalue weighted by atomic mass is 35.5. The van der Waals surface area contributed by atoms with Gasteiger partial charge in [0.15, 0.2) is 11.6 Å². The van der Waals surface area contributed by atoms with Gasteiger partial charge in [0, 0.05) is 23.3 Å². The summed E-state index contributed by atoms with van der Waals surface area (Å²) < 4.78 is 0. The average molecular weight is 275 g/mol. The van der Waals surface area contributed by atoms with Crippen LogP contribution < -0.4 is 10.9 Å². The van der Waals surface area contributed by atoms with Crippen molar-refractivity contribution in [3.8, 4) is 11.4 Å². The van der Waals surface area contributed by atoms with Gasteiger partial charge < -0.3 is 0 Å². The van der Waals surface area contributed by atoms with E-state index in [1.165, 1.54) is 0 Å². The van der Waals surface area contributed by atoms with E-state index in [1.54, 1.807) is 23.4 Å². The lowest BCUT2D eigenvalue weighted by Gasteiger charge is -2.17. The normalized spacial score (nSPS) is 13.8. The fraction of sp³-hybridized carbons (Fsp3) is 0.0833. The van der Waals surface area contributed by atoms with Crippen molar-refractivity contribution in [1.82, 2.24) is 25.7 Å². The molecule has 0 atom stereocenters. The van der Waals surface area contributed by atoms with Crippen LogP contribution in [0.3, 0.4) is 0 Å². The summed E-state index contributed by atoms with van der Waals surface area (Å²) in [5, 5.41) is 10.3. The molecule has 96 valence electrons. The summed E-state index contributed by atoms with van der Waals surface area (Å²) in [6.07, 6.45) is 5.42. The molecule has 3 rings (SSSR count). The largest absolute Gasteiger partial charge is 0.266 e. The van der Waals surface area contributed by atoms with Crippen LogP contribution in [0.5, 0.6) is 0 Å². The highest BCUT2D eigenvalue weighted by Gasteiger charge is 2.07. The topological polar surface area (TPSA) is 66.0 Å². The molecule has 0 saturated carbocycles. The van der Waals surface area contributed by atoms with E-state index in [9.17, 15) is 0 Å². The fourth-order valence-electron chi connectivity index (χ4n) is 1.67. The van der Waals surface area contributed by atoms with Crippen molar-refractivity contribution in [3.63, 3.8) is 0 Å². The van der Waals surface area contributed by atoms with Gasteiger partial charge in [-0.2, -0.15) is 5.10 Å². The molecule has 1 aliphatic heterocycles. The molecule has 0 spiro atoms. The van der Waals surface area contributed by atoms with E-state index in [0.717, 1.165) is 12.1 Å². The van der Waals surface area contributed by atoms with E-state index in [-0.39, 0.29) is 0 Å². The number of benzene rings is 1. The third-order valence-corrected chi connectivity index (χ3v) is 2.75. The quantitative estimate of drug-likeness (QED) is 0.890. The van der Waals surface area contributed by atoms with E-state index in [1.807, 2.05) is 24.4 Å². The number of hydrazine groups is 2. The zero-order valence-corrected chi connectivity index (χ0v) is 10.7. The van der Waals surface area contributed by atoms with Gasteiger partial charge in [0.1, 0.15) is 0 Å². The van der Waals surface area contributed by atoms with Crippen molar-refractivity contribution in [3.05, 3.63) is 47.8 Å². The third kappa shape index (κ3) is 2.81. The predicted molar refractivity (Wildman–Crippen MR) is 72.9 cm³/mol. The number of hydrogen-bond donors (Lipinski definition) is 2. The molecule has 0 fully saturated rings. The molecule has 6 nitrogen and oxygen atoms in total. The number of rotatable bonds is 3. The minimum Gasteiger partial charge on any atom is -0.266 e. The van der Waals surface area contributed by atoms with Crippen LogP contribution in [-0.2, 0) is 0 Å². The first kappa shape index (κ1) is 11.9. The zero-order chi connectivity index (χ0) is 13.1. The van der Waals surface area contributed by atoms with E-state index in [4.69, 9.17) is 11.6 Å². The second-order valence-electron chi connectivity index (χ2n) is 3.90. The molecule has 2 heterocycles. The van der Waals surface area contributed by atoms with Crippen LogP contribution in [0.4, 0.5) is 5.82 Å². The maximum atomic E-state index is 5.95. The second-order valence-corrected chi connectivity index (χ2v) is 4.34. The van der Waals surface area contributed by atoms with Crippen LogP contribution in [0.2, 0.25) is 5.02 Å². The third-order valence-electron chi connectivity index (χ3n) is 2.51. The Balaban J connectivity index is 1.85. The molecule has 0 unspecified atom stereocenters. The SMILES string of the molecule is Clc1cccc(-c2nncc(NN3C=CCN3)n2)c1. The molecule has 1 aromatic carbocycles. The Morgan fingerprint density at radius 1 is 1.37 bits per heavy atom. The van der Waals surface area contributed by atoms with Crippen molar-refractivity contribution < 1.29 is 0 Å². The molecule has 0 aliphatic carbocycles. The van der Waals surface area contributed by atoms with Gasteiger partial charge in [0.2, 0.25) is 0 Å². The first-order valence-corrected chi connectivity index (χ1v) is 6.11. The zero-order valence-electron chi connectivity index (χ0n) is 9.92. The Bertz CT molecular complexity index is 615. The molecule has 2 aromatic rings. The Hall–Kier alpha value is -2.18. The molecular formula is C12H11ClN6. The number of hydrogen-bond acceptors (Lipinski definition) is 6. The smallest absolute Gasteiger partial charge is 0.183 e. The molecule has 1 aromatic heterocycles. The minimum atomic E-state index is 0.524. The van der Waals surface area contributed by atoms with E-state index in [0.29, 0.717) is 16.7 Å². The first-order chi connectivity index (χ1) is 9.31. The van der Waals surface area contributed by atoms with Gasteiger partial charge in [-0.15, -0.1) is 5.10 Å². The summed E-state index contributed by atoms with van der Waals surface area (Å²) in [6, 6.07) is 7.35. The van der Waals surface area contributed by atoms with E-state index < -0.39 is 0 Å². The maximum absolute atomic E-state index is 5.95. The Kier molecular flexibility index (Phi) is 3.26. The lowest BCUT2D eigenvalue weighted by Crippen LogP contribution is -2.34. The highest BCUT2D eigenvalue weighted by molar-refractivity contribution is 6.30. The minimum absolute atomic E-state index is 0.524. The summed E-state index contributed by atoms with van der Waals surface area (Å²) in [4.78, 5) is 4.39.